The van der Waals surface area contributed by atoms with Crippen LogP contribution < -0.4 is 27.0 Å². The third-order valence-electron chi connectivity index (χ3n) is 10.2. The summed E-state index contributed by atoms with van der Waals surface area (Å²) < 4.78 is 35.5. The zero-order valence-electron chi connectivity index (χ0n) is 28.5. The molecule has 3 heterocycles. The van der Waals surface area contributed by atoms with Crippen molar-refractivity contribution >= 4 is 23.9 Å². The number of ether oxygens (including phenoxy) is 1. The number of nitrogens with zero attached hydrogens (tertiary/aromatic N) is 3. The average molecular weight is 683 g/mol. The number of alkyl carbamates (subject to hydrolysis) is 1. The fourth-order valence-corrected chi connectivity index (χ4v) is 7.59. The number of carbonyl (C=O) groups is 4. The van der Waals surface area contributed by atoms with E-state index in [0.29, 0.717) is 12.8 Å². The number of hydrazine groups is 3. The van der Waals surface area contributed by atoms with Crippen LogP contribution in [0.2, 0.25) is 0 Å². The minimum absolute atomic E-state index is 0.0616. The summed E-state index contributed by atoms with van der Waals surface area (Å²) in [5.74, 6) is -2.94. The Morgan fingerprint density at radius 2 is 1.81 bits per heavy atom. The van der Waals surface area contributed by atoms with Gasteiger partial charge in [-0.3, -0.25) is 9.59 Å². The molecule has 0 radical (unpaired) electrons. The van der Waals surface area contributed by atoms with Gasteiger partial charge in [0.1, 0.15) is 35.6 Å². The summed E-state index contributed by atoms with van der Waals surface area (Å²) in [6, 6.07) is -3.32. The normalized spacial score (nSPS) is 39.1. The van der Waals surface area contributed by atoms with Crippen molar-refractivity contribution in [2.75, 3.05) is 20.6 Å². The number of aliphatic carboxylic acids is 1. The van der Waals surface area contributed by atoms with Crippen molar-refractivity contribution in [3.63, 3.8) is 0 Å². The van der Waals surface area contributed by atoms with Crippen molar-refractivity contribution in [2.24, 2.45) is 11.8 Å². The zero-order valence-corrected chi connectivity index (χ0v) is 28.5. The summed E-state index contributed by atoms with van der Waals surface area (Å²) in [4.78, 5) is 56.3. The van der Waals surface area contributed by atoms with Crippen LogP contribution >= 0.6 is 0 Å². The highest BCUT2D eigenvalue weighted by molar-refractivity contribution is 5.96. The average Bonchev–Trinajstić information content (AvgIpc) is 3.30. The maximum atomic E-state index is 15.0. The number of allylic oxidation sites excluding steroid dienone is 1. The van der Waals surface area contributed by atoms with Crippen molar-refractivity contribution in [2.45, 2.75) is 132 Å². The van der Waals surface area contributed by atoms with Gasteiger partial charge in [0.25, 0.3) is 0 Å². The van der Waals surface area contributed by atoms with Gasteiger partial charge in [-0.15, -0.1) is 0 Å². The van der Waals surface area contributed by atoms with Gasteiger partial charge in [-0.1, -0.05) is 25.0 Å². The quantitative estimate of drug-likeness (QED) is 0.233. The maximum absolute atomic E-state index is 15.0. The summed E-state index contributed by atoms with van der Waals surface area (Å²) in [5.41, 5.74) is 7.08. The number of carboxylic acid groups (broad SMARTS) is 1. The SMILES string of the molecule is CN(C)C1C(F)CC(C2NNN([C@@H]3C[C@H]4C(=O)N[C@]5(C(=O)O)C[C@H]5/C=C\CCCCC[C@H](NC(=O)OC(C)(C)C)C(=O)N4C3)N2)CC1F. The van der Waals surface area contributed by atoms with E-state index < -0.39 is 77.7 Å². The number of carbonyl (C=O) groups excluding carboxylic acids is 3. The fraction of sp³-hybridized carbons (Fsp3) is 0.812. The van der Waals surface area contributed by atoms with E-state index in [1.807, 2.05) is 12.2 Å². The highest BCUT2D eigenvalue weighted by atomic mass is 19.1. The van der Waals surface area contributed by atoms with E-state index in [1.165, 1.54) is 4.90 Å². The summed E-state index contributed by atoms with van der Waals surface area (Å²) in [5, 5.41) is 17.2. The van der Waals surface area contributed by atoms with Crippen molar-refractivity contribution in [3.8, 4) is 0 Å². The molecule has 48 heavy (non-hydrogen) atoms. The molecule has 8 atom stereocenters. The van der Waals surface area contributed by atoms with Crippen LogP contribution in [0, 0.1) is 11.8 Å². The van der Waals surface area contributed by atoms with Gasteiger partial charge in [-0.05, 0) is 85.7 Å². The third kappa shape index (κ3) is 8.09. The second-order valence-electron chi connectivity index (χ2n) is 15.2. The molecule has 16 heteroatoms. The Labute approximate surface area is 280 Å². The molecule has 2 saturated heterocycles. The number of fused-ring (bicyclic) bond motifs is 2. The number of nitrogens with one attached hydrogen (secondary N) is 5. The lowest BCUT2D eigenvalue weighted by molar-refractivity contribution is -0.145. The van der Waals surface area contributed by atoms with E-state index in [0.717, 1.165) is 19.3 Å². The highest BCUT2D eigenvalue weighted by Crippen LogP contribution is 2.45. The predicted octanol–water partition coefficient (Wildman–Crippen LogP) is 1.50. The number of hydrogen-bond donors (Lipinski definition) is 6. The van der Waals surface area contributed by atoms with E-state index in [9.17, 15) is 24.3 Å². The van der Waals surface area contributed by atoms with Crippen LogP contribution in [0.15, 0.2) is 12.2 Å². The molecule has 0 aromatic rings. The Balaban J connectivity index is 1.35. The number of hydrogen-bond acceptors (Lipinski definition) is 10. The minimum atomic E-state index is -1.46. The zero-order chi connectivity index (χ0) is 35.0. The van der Waals surface area contributed by atoms with Gasteiger partial charge in [0.15, 0.2) is 0 Å². The summed E-state index contributed by atoms with van der Waals surface area (Å²) in [6.07, 6.45) is 3.80. The molecule has 3 unspecified atom stereocenters. The molecular weight excluding hydrogens is 630 g/mol. The molecule has 3 aliphatic heterocycles. The lowest BCUT2D eigenvalue weighted by Gasteiger charge is -2.39. The minimum Gasteiger partial charge on any atom is -0.479 e. The number of alkyl halides is 2. The smallest absolute Gasteiger partial charge is 0.408 e. The summed E-state index contributed by atoms with van der Waals surface area (Å²) in [7, 11) is 3.33. The molecule has 0 bridgehead atoms. The van der Waals surface area contributed by atoms with E-state index in [4.69, 9.17) is 4.74 Å². The van der Waals surface area contributed by atoms with E-state index in [2.05, 4.69) is 27.0 Å². The molecule has 5 rings (SSSR count). The Morgan fingerprint density at radius 1 is 1.10 bits per heavy atom. The van der Waals surface area contributed by atoms with Crippen molar-refractivity contribution in [1.82, 2.24) is 41.9 Å². The molecule has 6 N–H and O–H groups in total. The lowest BCUT2D eigenvalue weighted by Crippen LogP contribution is -2.56. The highest BCUT2D eigenvalue weighted by Gasteiger charge is 2.61. The van der Waals surface area contributed by atoms with E-state index in [1.54, 1.807) is 44.9 Å². The molecule has 5 aliphatic rings. The summed E-state index contributed by atoms with van der Waals surface area (Å²) in [6.45, 7) is 5.23. The van der Waals surface area contributed by atoms with E-state index in [-0.39, 0.29) is 44.1 Å². The number of amides is 3. The monoisotopic (exact) mass is 682 g/mol. The standard InChI is InChI=1S/C32H52F2N8O6/c1-31(2,3)48-30(47)35-23-12-10-8-6-7-9-11-19-16-32(19,29(45)46)36-27(43)24-15-20(17-41(24)28(23)44)42-38-26(37-39-42)18-13-21(33)25(40(4)5)22(34)14-18/h9,11,18-26,37-39H,6-8,10,12-17H2,1-5H3,(H,35,47)(H,36,43)(H,45,46)/b11-9-/t18?,19-,20-,21?,22?,23+,24+,25?,26?,32-/m1/s1. The van der Waals surface area contributed by atoms with Gasteiger partial charge < -0.3 is 30.3 Å². The number of halogens is 2. The molecule has 0 aromatic heterocycles. The van der Waals surface area contributed by atoms with Crippen LogP contribution in [0.25, 0.3) is 0 Å². The molecule has 14 nitrogen and oxygen atoms in total. The first-order valence-electron chi connectivity index (χ1n) is 17.1. The molecule has 2 saturated carbocycles. The van der Waals surface area contributed by atoms with Crippen LogP contribution in [-0.4, -0.2) is 118 Å². The summed E-state index contributed by atoms with van der Waals surface area (Å²) >= 11 is 0. The van der Waals surface area contributed by atoms with Gasteiger partial charge in [-0.25, -0.2) is 29.2 Å². The Kier molecular flexibility index (Phi) is 11.0. The lowest BCUT2D eigenvalue weighted by atomic mass is 9.81. The van der Waals surface area contributed by atoms with Gasteiger partial charge in [0, 0.05) is 12.5 Å². The molecular formula is C32H52F2N8O6. The van der Waals surface area contributed by atoms with Crippen LogP contribution in [0.3, 0.4) is 0 Å². The Bertz CT molecular complexity index is 1240. The number of rotatable bonds is 5. The second kappa shape index (κ2) is 14.5. The number of carboxylic acids is 1. The Morgan fingerprint density at radius 3 is 2.46 bits per heavy atom. The van der Waals surface area contributed by atoms with Gasteiger partial charge in [0.2, 0.25) is 11.8 Å². The van der Waals surface area contributed by atoms with Crippen LogP contribution in [0.5, 0.6) is 0 Å². The second-order valence-corrected chi connectivity index (χ2v) is 15.2. The van der Waals surface area contributed by atoms with Crippen molar-refractivity contribution in [3.05, 3.63) is 12.2 Å². The van der Waals surface area contributed by atoms with Gasteiger partial charge >= 0.3 is 12.1 Å². The first kappa shape index (κ1) is 36.4. The van der Waals surface area contributed by atoms with Crippen LogP contribution in [-0.2, 0) is 19.1 Å². The molecule has 0 spiro atoms. The molecule has 2 aliphatic carbocycles. The largest absolute Gasteiger partial charge is 0.479 e. The van der Waals surface area contributed by atoms with Gasteiger partial charge in [0.05, 0.1) is 18.2 Å². The first-order chi connectivity index (χ1) is 22.6. The van der Waals surface area contributed by atoms with Crippen LogP contribution in [0.4, 0.5) is 13.6 Å². The van der Waals surface area contributed by atoms with Crippen molar-refractivity contribution in [1.29, 1.82) is 0 Å². The topological polar surface area (TPSA) is 168 Å². The fourth-order valence-electron chi connectivity index (χ4n) is 7.59. The van der Waals surface area contributed by atoms with Crippen LogP contribution in [0.1, 0.15) is 78.6 Å². The maximum Gasteiger partial charge on any atom is 0.408 e. The molecule has 270 valence electrons. The predicted molar refractivity (Wildman–Crippen MR) is 171 cm³/mol. The Hall–Kier alpha value is -2.92. The van der Waals surface area contributed by atoms with E-state index >= 15 is 8.78 Å². The van der Waals surface area contributed by atoms with Crippen molar-refractivity contribution < 1.29 is 37.8 Å². The molecule has 3 amide bonds. The third-order valence-corrected chi connectivity index (χ3v) is 10.2. The first-order valence-corrected chi connectivity index (χ1v) is 17.1. The molecule has 0 aromatic carbocycles. The van der Waals surface area contributed by atoms with Gasteiger partial charge in [-0.2, -0.15) is 10.7 Å². The molecule has 4 fully saturated rings.